The summed E-state index contributed by atoms with van der Waals surface area (Å²) in [5.41, 5.74) is 4.89. The first-order chi connectivity index (χ1) is 16.3. The molecule has 3 rings (SSSR count). The van der Waals surface area contributed by atoms with Crippen LogP contribution in [0, 0.1) is 13.8 Å². The Morgan fingerprint density at radius 3 is 2.53 bits per heavy atom. The molecule has 1 aliphatic rings. The smallest absolute Gasteiger partial charge is 0.338 e. The molecule has 2 aromatic rings. The lowest BCUT2D eigenvalue weighted by atomic mass is 9.96. The van der Waals surface area contributed by atoms with Crippen molar-refractivity contribution in [3.8, 4) is 5.75 Å². The SMILES string of the molecule is CCOC(=O)C1=C(C)NC(SCC(=O)Nc2ccc(C)c(C)c2)=N[C@@H]1c1ccccc1OCC. The maximum Gasteiger partial charge on any atom is 0.338 e. The molecular formula is C26H31N3O4S. The number of thioether (sulfide) groups is 1. The third kappa shape index (κ3) is 6.20. The lowest BCUT2D eigenvalue weighted by Crippen LogP contribution is -2.31. The Kier molecular flexibility index (Phi) is 8.76. The number of amidine groups is 1. The van der Waals surface area contributed by atoms with Gasteiger partial charge in [0.2, 0.25) is 5.91 Å². The number of anilines is 1. The van der Waals surface area contributed by atoms with Crippen LogP contribution in [0.5, 0.6) is 5.75 Å². The van der Waals surface area contributed by atoms with Gasteiger partial charge in [-0.2, -0.15) is 0 Å². The second-order valence-electron chi connectivity index (χ2n) is 7.83. The van der Waals surface area contributed by atoms with E-state index in [2.05, 4.69) is 10.6 Å². The number of nitrogens with one attached hydrogen (secondary N) is 2. The lowest BCUT2D eigenvalue weighted by Gasteiger charge is -2.26. The third-order valence-corrected chi connectivity index (χ3v) is 6.25. The first-order valence-electron chi connectivity index (χ1n) is 11.3. The Morgan fingerprint density at radius 1 is 1.06 bits per heavy atom. The van der Waals surface area contributed by atoms with E-state index in [0.717, 1.165) is 16.8 Å². The number of allylic oxidation sites excluding steroid dienone is 1. The largest absolute Gasteiger partial charge is 0.494 e. The van der Waals surface area contributed by atoms with Gasteiger partial charge in [0.15, 0.2) is 5.17 Å². The molecule has 2 aromatic carbocycles. The Labute approximate surface area is 205 Å². The van der Waals surface area contributed by atoms with E-state index in [1.165, 1.54) is 17.3 Å². The molecule has 0 aliphatic carbocycles. The number of amides is 1. The molecule has 0 bridgehead atoms. The maximum absolute atomic E-state index is 12.8. The highest BCUT2D eigenvalue weighted by molar-refractivity contribution is 8.14. The van der Waals surface area contributed by atoms with Crippen molar-refractivity contribution < 1.29 is 19.1 Å². The van der Waals surface area contributed by atoms with Crippen molar-refractivity contribution in [1.29, 1.82) is 0 Å². The van der Waals surface area contributed by atoms with E-state index in [1.807, 2.05) is 70.2 Å². The fourth-order valence-electron chi connectivity index (χ4n) is 3.56. The van der Waals surface area contributed by atoms with Gasteiger partial charge in [0.05, 0.1) is 24.5 Å². The average molecular weight is 482 g/mol. The van der Waals surface area contributed by atoms with Gasteiger partial charge >= 0.3 is 5.97 Å². The fourth-order valence-corrected chi connectivity index (χ4v) is 4.31. The van der Waals surface area contributed by atoms with E-state index in [4.69, 9.17) is 14.5 Å². The van der Waals surface area contributed by atoms with Crippen LogP contribution in [0.25, 0.3) is 0 Å². The van der Waals surface area contributed by atoms with Gasteiger partial charge in [0, 0.05) is 16.9 Å². The van der Waals surface area contributed by atoms with Crippen LogP contribution in [-0.4, -0.2) is 36.0 Å². The van der Waals surface area contributed by atoms with Gasteiger partial charge in [-0.3, -0.25) is 4.79 Å². The number of carbonyl (C=O) groups is 2. The molecule has 0 saturated heterocycles. The van der Waals surface area contributed by atoms with Gasteiger partial charge in [-0.1, -0.05) is 36.0 Å². The number of rotatable bonds is 8. The number of ether oxygens (including phenoxy) is 2. The molecule has 1 amide bonds. The summed E-state index contributed by atoms with van der Waals surface area (Å²) in [6.07, 6.45) is 0. The van der Waals surface area contributed by atoms with E-state index in [1.54, 1.807) is 6.92 Å². The van der Waals surface area contributed by atoms with Crippen molar-refractivity contribution in [1.82, 2.24) is 5.32 Å². The zero-order chi connectivity index (χ0) is 24.7. The van der Waals surface area contributed by atoms with Crippen molar-refractivity contribution in [2.45, 2.75) is 40.7 Å². The zero-order valence-electron chi connectivity index (χ0n) is 20.2. The number of nitrogens with zero attached hydrogens (tertiary/aromatic N) is 1. The highest BCUT2D eigenvalue weighted by Gasteiger charge is 2.32. The molecule has 1 aliphatic heterocycles. The van der Waals surface area contributed by atoms with Crippen molar-refractivity contribution in [2.75, 3.05) is 24.3 Å². The predicted octanol–water partition coefficient (Wildman–Crippen LogP) is 4.91. The minimum atomic E-state index is -0.603. The number of hydrogen-bond acceptors (Lipinski definition) is 7. The molecule has 0 fully saturated rings. The van der Waals surface area contributed by atoms with E-state index < -0.39 is 12.0 Å². The molecule has 0 unspecified atom stereocenters. The van der Waals surface area contributed by atoms with Crippen molar-refractivity contribution >= 4 is 34.5 Å². The van der Waals surface area contributed by atoms with Gasteiger partial charge in [0.1, 0.15) is 11.8 Å². The molecule has 0 spiro atoms. The summed E-state index contributed by atoms with van der Waals surface area (Å²) in [7, 11) is 0. The number of benzene rings is 2. The number of aliphatic imine (C=N–C) groups is 1. The number of esters is 1. The van der Waals surface area contributed by atoms with E-state index in [0.29, 0.717) is 28.8 Å². The molecule has 1 atom stereocenters. The van der Waals surface area contributed by atoms with Crippen LogP contribution in [0.15, 0.2) is 58.7 Å². The Morgan fingerprint density at radius 2 is 1.82 bits per heavy atom. The topological polar surface area (TPSA) is 89.0 Å². The van der Waals surface area contributed by atoms with Gasteiger partial charge < -0.3 is 20.1 Å². The number of hydrogen-bond donors (Lipinski definition) is 2. The predicted molar refractivity (Wildman–Crippen MR) is 137 cm³/mol. The van der Waals surface area contributed by atoms with Gasteiger partial charge in [0.25, 0.3) is 0 Å². The Balaban J connectivity index is 1.81. The second-order valence-corrected chi connectivity index (χ2v) is 8.79. The molecule has 34 heavy (non-hydrogen) atoms. The van der Waals surface area contributed by atoms with Gasteiger partial charge in [-0.05, 0) is 63.9 Å². The third-order valence-electron chi connectivity index (χ3n) is 5.36. The highest BCUT2D eigenvalue weighted by atomic mass is 32.2. The van der Waals surface area contributed by atoms with Crippen LogP contribution in [0.4, 0.5) is 5.69 Å². The number of para-hydroxylation sites is 1. The van der Waals surface area contributed by atoms with Crippen molar-refractivity contribution in [2.24, 2.45) is 4.99 Å². The molecule has 7 nitrogen and oxygen atoms in total. The van der Waals surface area contributed by atoms with Crippen LogP contribution in [-0.2, 0) is 14.3 Å². The second kappa shape index (κ2) is 11.7. The van der Waals surface area contributed by atoms with Crippen LogP contribution in [0.1, 0.15) is 43.5 Å². The summed E-state index contributed by atoms with van der Waals surface area (Å²) in [6, 6.07) is 12.7. The quantitative estimate of drug-likeness (QED) is 0.521. The molecule has 0 saturated carbocycles. The lowest BCUT2D eigenvalue weighted by molar-refractivity contribution is -0.139. The normalized spacial score (nSPS) is 15.3. The fraction of sp³-hybridized carbons (Fsp3) is 0.346. The molecular weight excluding hydrogens is 450 g/mol. The van der Waals surface area contributed by atoms with Crippen LogP contribution >= 0.6 is 11.8 Å². The summed E-state index contributed by atoms with van der Waals surface area (Å²) in [5.74, 6) is 0.263. The van der Waals surface area contributed by atoms with Crippen molar-refractivity contribution in [3.63, 3.8) is 0 Å². The number of aryl methyl sites for hydroxylation is 2. The van der Waals surface area contributed by atoms with Crippen molar-refractivity contribution in [3.05, 3.63) is 70.4 Å². The van der Waals surface area contributed by atoms with Crippen LogP contribution < -0.4 is 15.4 Å². The zero-order valence-corrected chi connectivity index (χ0v) is 21.0. The summed E-state index contributed by atoms with van der Waals surface area (Å²) < 4.78 is 11.1. The van der Waals surface area contributed by atoms with Gasteiger partial charge in [-0.15, -0.1) is 0 Å². The van der Waals surface area contributed by atoms with E-state index in [9.17, 15) is 9.59 Å². The number of carbonyl (C=O) groups excluding carboxylic acids is 2. The molecule has 180 valence electrons. The van der Waals surface area contributed by atoms with Gasteiger partial charge in [-0.25, -0.2) is 9.79 Å². The molecule has 2 N–H and O–H groups in total. The minimum Gasteiger partial charge on any atom is -0.494 e. The molecule has 0 radical (unpaired) electrons. The first kappa shape index (κ1) is 25.4. The monoisotopic (exact) mass is 481 g/mol. The average Bonchev–Trinajstić information content (AvgIpc) is 2.80. The maximum atomic E-state index is 12.8. The van der Waals surface area contributed by atoms with Crippen LogP contribution in [0.2, 0.25) is 0 Å². The minimum absolute atomic E-state index is 0.137. The molecule has 1 heterocycles. The van der Waals surface area contributed by atoms with E-state index in [-0.39, 0.29) is 18.3 Å². The standard InChI is InChI=1S/C26H31N3O4S/c1-6-32-21-11-9-8-10-20(21)24-23(25(31)33-7-2)18(5)27-26(29-24)34-15-22(30)28-19-13-12-16(3)17(4)14-19/h8-14,24H,6-7,15H2,1-5H3,(H,27,29)(H,28,30)/t24-/m1/s1. The first-order valence-corrected chi connectivity index (χ1v) is 12.3. The Bertz CT molecular complexity index is 1130. The molecule has 8 heteroatoms. The Hall–Kier alpha value is -3.26. The summed E-state index contributed by atoms with van der Waals surface area (Å²) in [5, 5.41) is 6.64. The summed E-state index contributed by atoms with van der Waals surface area (Å²) >= 11 is 1.28. The highest BCUT2D eigenvalue weighted by Crippen LogP contribution is 2.37. The summed E-state index contributed by atoms with van der Waals surface area (Å²) in [6.45, 7) is 10.3. The van der Waals surface area contributed by atoms with Crippen LogP contribution in [0.3, 0.4) is 0 Å². The summed E-state index contributed by atoms with van der Waals surface area (Å²) in [4.78, 5) is 30.1. The van der Waals surface area contributed by atoms with E-state index >= 15 is 0 Å². The molecule has 0 aromatic heterocycles.